The van der Waals surface area contributed by atoms with Crippen LogP contribution in [0.15, 0.2) is 35.7 Å². The van der Waals surface area contributed by atoms with Crippen molar-refractivity contribution in [2.75, 3.05) is 20.1 Å². The average molecular weight is 357 g/mol. The highest BCUT2D eigenvalue weighted by atomic mass is 32.1. The molecule has 0 amide bonds. The van der Waals surface area contributed by atoms with Crippen LogP contribution in [0.3, 0.4) is 0 Å². The Balaban J connectivity index is 1.63. The van der Waals surface area contributed by atoms with Crippen LogP contribution in [0.5, 0.6) is 5.75 Å². The molecule has 3 atom stereocenters. The zero-order valence-electron chi connectivity index (χ0n) is 15.2. The number of rotatable bonds is 4. The maximum atomic E-state index is 10.1. The van der Waals surface area contributed by atoms with Crippen molar-refractivity contribution in [3.63, 3.8) is 0 Å². The van der Waals surface area contributed by atoms with Gasteiger partial charge < -0.3 is 15.3 Å². The molecule has 2 aromatic rings. The van der Waals surface area contributed by atoms with E-state index in [2.05, 4.69) is 47.8 Å². The summed E-state index contributed by atoms with van der Waals surface area (Å²) in [5.74, 6) is 0.397. The Morgan fingerprint density at radius 1 is 1.36 bits per heavy atom. The second kappa shape index (κ2) is 6.75. The van der Waals surface area contributed by atoms with Gasteiger partial charge in [0, 0.05) is 28.9 Å². The smallest absolute Gasteiger partial charge is 0.115 e. The standard InChI is InChI=1S/C21H28N2OS/c1-21-9-4-11-23(2)19(13-15-6-7-16(24)14-18(15)21)20(21)22-10-8-17-5-3-12-25-17/h3,5-7,12,14,19-20,22,24H,4,8-11,13H2,1-2H3/t19-,20+,21+/m1/s1. The molecule has 1 aromatic carbocycles. The van der Waals surface area contributed by atoms with E-state index in [0.717, 1.165) is 25.9 Å². The fourth-order valence-electron chi connectivity index (χ4n) is 4.94. The van der Waals surface area contributed by atoms with Crippen molar-refractivity contribution in [3.05, 3.63) is 51.7 Å². The quantitative estimate of drug-likeness (QED) is 0.879. The van der Waals surface area contributed by atoms with Gasteiger partial charge in [-0.3, -0.25) is 0 Å². The fraction of sp³-hybridized carbons (Fsp3) is 0.524. The number of aromatic hydroxyl groups is 1. The van der Waals surface area contributed by atoms with Crippen molar-refractivity contribution in [3.8, 4) is 5.75 Å². The number of nitrogens with one attached hydrogen (secondary N) is 1. The molecule has 1 aliphatic carbocycles. The maximum absolute atomic E-state index is 10.1. The van der Waals surface area contributed by atoms with Gasteiger partial charge in [0.05, 0.1) is 0 Å². The molecule has 1 aromatic heterocycles. The summed E-state index contributed by atoms with van der Waals surface area (Å²) in [5.41, 5.74) is 2.85. The van der Waals surface area contributed by atoms with Crippen molar-refractivity contribution in [2.45, 2.75) is 50.1 Å². The Kier molecular flexibility index (Phi) is 4.61. The number of benzene rings is 1. The highest BCUT2D eigenvalue weighted by molar-refractivity contribution is 7.09. The van der Waals surface area contributed by atoms with E-state index in [1.54, 1.807) is 0 Å². The van der Waals surface area contributed by atoms with E-state index in [0.29, 0.717) is 17.8 Å². The molecule has 2 N–H and O–H groups in total. The average Bonchev–Trinajstić information content (AvgIpc) is 3.08. The van der Waals surface area contributed by atoms with Crippen LogP contribution >= 0.6 is 11.3 Å². The van der Waals surface area contributed by atoms with E-state index in [4.69, 9.17) is 0 Å². The van der Waals surface area contributed by atoms with E-state index in [-0.39, 0.29) is 5.41 Å². The topological polar surface area (TPSA) is 35.5 Å². The van der Waals surface area contributed by atoms with Gasteiger partial charge in [-0.1, -0.05) is 19.1 Å². The van der Waals surface area contributed by atoms with E-state index >= 15 is 0 Å². The number of hydrogen-bond donors (Lipinski definition) is 2. The Morgan fingerprint density at radius 3 is 3.04 bits per heavy atom. The Morgan fingerprint density at radius 2 is 2.24 bits per heavy atom. The highest BCUT2D eigenvalue weighted by Gasteiger charge is 2.47. The predicted molar refractivity (Wildman–Crippen MR) is 105 cm³/mol. The van der Waals surface area contributed by atoms with Gasteiger partial charge in [-0.15, -0.1) is 11.3 Å². The SMILES string of the molecule is CN1CCC[C@@]2(C)c3cc(O)ccc3C[C@@H]1[C@@H]2NCCc1cccs1. The molecular formula is C21H28N2OS. The number of nitrogens with zero attached hydrogens (tertiary/aromatic N) is 1. The molecule has 25 heavy (non-hydrogen) atoms. The number of likely N-dealkylation sites (N-methyl/N-ethyl adjacent to an activating group) is 1. The van der Waals surface area contributed by atoms with Gasteiger partial charge in [0.25, 0.3) is 0 Å². The van der Waals surface area contributed by atoms with Crippen LogP contribution in [0.2, 0.25) is 0 Å². The molecule has 0 radical (unpaired) electrons. The van der Waals surface area contributed by atoms with Gasteiger partial charge in [-0.25, -0.2) is 0 Å². The minimum absolute atomic E-state index is 0.0806. The van der Waals surface area contributed by atoms with Crippen molar-refractivity contribution >= 4 is 11.3 Å². The monoisotopic (exact) mass is 356 g/mol. The molecular weight excluding hydrogens is 328 g/mol. The van der Waals surface area contributed by atoms with Crippen LogP contribution in [-0.4, -0.2) is 42.2 Å². The Labute approximate surface area is 154 Å². The van der Waals surface area contributed by atoms with E-state index in [1.807, 2.05) is 23.5 Å². The Bertz CT molecular complexity index is 730. The molecule has 2 heterocycles. The summed E-state index contributed by atoms with van der Waals surface area (Å²) in [4.78, 5) is 3.99. The van der Waals surface area contributed by atoms with Crippen molar-refractivity contribution < 1.29 is 5.11 Å². The molecule has 134 valence electrons. The van der Waals surface area contributed by atoms with Crippen LogP contribution in [0.4, 0.5) is 0 Å². The molecule has 4 heteroatoms. The molecule has 2 aliphatic rings. The van der Waals surface area contributed by atoms with Gasteiger partial charge in [0.1, 0.15) is 5.75 Å². The largest absolute Gasteiger partial charge is 0.508 e. The third kappa shape index (κ3) is 3.12. The van der Waals surface area contributed by atoms with Gasteiger partial charge in [-0.05, 0) is 74.0 Å². The predicted octanol–water partition coefficient (Wildman–Crippen LogP) is 3.56. The normalized spacial score (nSPS) is 29.2. The molecule has 4 rings (SSSR count). The minimum atomic E-state index is 0.0806. The number of phenols is 1. The summed E-state index contributed by atoms with van der Waals surface area (Å²) in [6.07, 6.45) is 4.54. The van der Waals surface area contributed by atoms with Gasteiger partial charge in [-0.2, -0.15) is 0 Å². The lowest BCUT2D eigenvalue weighted by atomic mass is 9.64. The molecule has 0 spiro atoms. The lowest BCUT2D eigenvalue weighted by Gasteiger charge is -2.48. The van der Waals surface area contributed by atoms with Crippen LogP contribution in [0.25, 0.3) is 0 Å². The zero-order valence-corrected chi connectivity index (χ0v) is 16.0. The van der Waals surface area contributed by atoms with E-state index < -0.39 is 0 Å². The van der Waals surface area contributed by atoms with Crippen LogP contribution in [0.1, 0.15) is 35.8 Å². The van der Waals surface area contributed by atoms with Crippen molar-refractivity contribution in [2.24, 2.45) is 0 Å². The summed E-state index contributed by atoms with van der Waals surface area (Å²) in [5, 5.41) is 16.2. The number of phenolic OH excluding ortho intramolecular Hbond substituents is 1. The summed E-state index contributed by atoms with van der Waals surface area (Å²) in [6, 6.07) is 11.3. The van der Waals surface area contributed by atoms with Gasteiger partial charge in [0.2, 0.25) is 0 Å². The summed E-state index contributed by atoms with van der Waals surface area (Å²) >= 11 is 1.84. The number of likely N-dealkylation sites (tertiary alicyclic amines) is 1. The first kappa shape index (κ1) is 17.1. The lowest BCUT2D eigenvalue weighted by molar-refractivity contribution is 0.157. The van der Waals surface area contributed by atoms with Gasteiger partial charge >= 0.3 is 0 Å². The summed E-state index contributed by atoms with van der Waals surface area (Å²) < 4.78 is 0. The number of thiophene rings is 1. The third-order valence-electron chi connectivity index (χ3n) is 6.30. The van der Waals surface area contributed by atoms with Crippen LogP contribution in [-0.2, 0) is 18.3 Å². The van der Waals surface area contributed by atoms with Crippen LogP contribution < -0.4 is 5.32 Å². The molecule has 0 unspecified atom stereocenters. The maximum Gasteiger partial charge on any atom is 0.115 e. The second-order valence-corrected chi connectivity index (χ2v) is 8.91. The number of hydrogen-bond acceptors (Lipinski definition) is 4. The van der Waals surface area contributed by atoms with Gasteiger partial charge in [0.15, 0.2) is 0 Å². The lowest BCUT2D eigenvalue weighted by Crippen LogP contribution is -2.60. The van der Waals surface area contributed by atoms with Crippen molar-refractivity contribution in [1.82, 2.24) is 10.2 Å². The van der Waals surface area contributed by atoms with Crippen LogP contribution in [0, 0.1) is 0 Å². The molecule has 1 aliphatic heterocycles. The summed E-state index contributed by atoms with van der Waals surface area (Å²) in [6.45, 7) is 4.57. The fourth-order valence-corrected chi connectivity index (χ4v) is 5.65. The number of fused-ring (bicyclic) bond motifs is 4. The molecule has 1 saturated heterocycles. The summed E-state index contributed by atoms with van der Waals surface area (Å²) in [7, 11) is 2.27. The first-order valence-electron chi connectivity index (χ1n) is 9.36. The first-order valence-corrected chi connectivity index (χ1v) is 10.2. The van der Waals surface area contributed by atoms with E-state index in [9.17, 15) is 5.11 Å². The Hall–Kier alpha value is -1.36. The first-order chi connectivity index (χ1) is 12.1. The minimum Gasteiger partial charge on any atom is -0.508 e. The molecule has 0 saturated carbocycles. The molecule has 3 nitrogen and oxygen atoms in total. The van der Waals surface area contributed by atoms with Crippen molar-refractivity contribution in [1.29, 1.82) is 0 Å². The highest BCUT2D eigenvalue weighted by Crippen LogP contribution is 2.45. The third-order valence-corrected chi connectivity index (χ3v) is 7.23. The van der Waals surface area contributed by atoms with E-state index in [1.165, 1.54) is 28.8 Å². The second-order valence-electron chi connectivity index (χ2n) is 7.88. The molecule has 1 fully saturated rings. The zero-order chi connectivity index (χ0) is 17.4. The molecule has 2 bridgehead atoms.